The lowest BCUT2D eigenvalue weighted by Crippen LogP contribution is -2.25. The standard InChI is InChI=1S/C19H16Cl2N2/c20-15-8-4-13(5-9-15)18-19(14-6-10-16(21)11-7-14)23-12-2-1-3-17(23)22-18/h1-11,18-19,22H,12H2/t18-,19+/m0/s1. The molecule has 2 atom stereocenters. The fourth-order valence-electron chi connectivity index (χ4n) is 3.31. The van der Waals surface area contributed by atoms with Gasteiger partial charge in [-0.1, -0.05) is 59.6 Å². The highest BCUT2D eigenvalue weighted by molar-refractivity contribution is 6.30. The fourth-order valence-corrected chi connectivity index (χ4v) is 3.56. The highest BCUT2D eigenvalue weighted by atomic mass is 35.5. The molecule has 0 unspecified atom stereocenters. The van der Waals surface area contributed by atoms with Gasteiger partial charge >= 0.3 is 0 Å². The van der Waals surface area contributed by atoms with E-state index in [1.165, 1.54) is 11.1 Å². The van der Waals surface area contributed by atoms with Crippen LogP contribution in [0.5, 0.6) is 0 Å². The number of hydrogen-bond acceptors (Lipinski definition) is 2. The van der Waals surface area contributed by atoms with Gasteiger partial charge in [0.25, 0.3) is 0 Å². The Hall–Kier alpha value is -1.90. The monoisotopic (exact) mass is 342 g/mol. The second-order valence-corrected chi connectivity index (χ2v) is 6.68. The highest BCUT2D eigenvalue weighted by Gasteiger charge is 2.38. The molecule has 2 aliphatic heterocycles. The third-order valence-electron chi connectivity index (χ3n) is 4.40. The van der Waals surface area contributed by atoms with Gasteiger partial charge in [-0.25, -0.2) is 0 Å². The van der Waals surface area contributed by atoms with E-state index in [1.54, 1.807) is 0 Å². The van der Waals surface area contributed by atoms with Crippen LogP contribution in [-0.2, 0) is 0 Å². The van der Waals surface area contributed by atoms with Crippen LogP contribution in [0.1, 0.15) is 23.2 Å². The number of hydrogen-bond donors (Lipinski definition) is 1. The Morgan fingerprint density at radius 2 is 1.48 bits per heavy atom. The topological polar surface area (TPSA) is 15.3 Å². The lowest BCUT2D eigenvalue weighted by atomic mass is 9.94. The van der Waals surface area contributed by atoms with E-state index in [0.717, 1.165) is 22.4 Å². The van der Waals surface area contributed by atoms with Crippen molar-refractivity contribution in [3.63, 3.8) is 0 Å². The van der Waals surface area contributed by atoms with Crippen molar-refractivity contribution >= 4 is 23.2 Å². The molecule has 116 valence electrons. The maximum Gasteiger partial charge on any atom is 0.103 e. The number of nitrogens with zero attached hydrogens (tertiary/aromatic N) is 1. The van der Waals surface area contributed by atoms with E-state index >= 15 is 0 Å². The van der Waals surface area contributed by atoms with Crippen LogP contribution in [0.25, 0.3) is 0 Å². The molecule has 2 aromatic rings. The minimum Gasteiger partial charge on any atom is -0.362 e. The first-order valence-corrected chi connectivity index (χ1v) is 8.39. The van der Waals surface area contributed by atoms with Gasteiger partial charge in [-0.2, -0.15) is 0 Å². The maximum absolute atomic E-state index is 6.06. The van der Waals surface area contributed by atoms with E-state index in [0.29, 0.717) is 0 Å². The van der Waals surface area contributed by atoms with Crippen molar-refractivity contribution < 1.29 is 0 Å². The summed E-state index contributed by atoms with van der Waals surface area (Å²) in [6, 6.07) is 16.6. The molecule has 2 nitrogen and oxygen atoms in total. The molecule has 0 aliphatic carbocycles. The van der Waals surface area contributed by atoms with Crippen molar-refractivity contribution in [2.75, 3.05) is 6.54 Å². The van der Waals surface area contributed by atoms with Crippen LogP contribution >= 0.6 is 23.2 Å². The second kappa shape index (κ2) is 5.95. The molecule has 2 aliphatic rings. The summed E-state index contributed by atoms with van der Waals surface area (Å²) in [5.41, 5.74) is 2.48. The summed E-state index contributed by atoms with van der Waals surface area (Å²) in [7, 11) is 0. The number of benzene rings is 2. The average Bonchev–Trinajstić information content (AvgIpc) is 2.96. The molecule has 2 heterocycles. The van der Waals surface area contributed by atoms with Gasteiger partial charge in [0, 0.05) is 16.6 Å². The molecule has 0 bridgehead atoms. The highest BCUT2D eigenvalue weighted by Crippen LogP contribution is 2.43. The van der Waals surface area contributed by atoms with Crippen LogP contribution in [0.2, 0.25) is 10.0 Å². The van der Waals surface area contributed by atoms with Crippen molar-refractivity contribution in [3.05, 3.63) is 93.8 Å². The SMILES string of the molecule is Clc1ccc([C@@H]2[C@H](c3ccc(Cl)cc3)NC3=CC=CCN32)cc1. The van der Waals surface area contributed by atoms with Gasteiger partial charge in [0.1, 0.15) is 5.82 Å². The third kappa shape index (κ3) is 2.73. The molecule has 2 aromatic carbocycles. The Morgan fingerprint density at radius 1 is 0.870 bits per heavy atom. The van der Waals surface area contributed by atoms with Gasteiger partial charge in [0.2, 0.25) is 0 Å². The third-order valence-corrected chi connectivity index (χ3v) is 4.90. The number of halogens is 2. The van der Waals surface area contributed by atoms with Gasteiger partial charge in [0.05, 0.1) is 12.1 Å². The van der Waals surface area contributed by atoms with Crippen LogP contribution in [-0.4, -0.2) is 11.4 Å². The summed E-state index contributed by atoms with van der Waals surface area (Å²) in [4.78, 5) is 2.39. The summed E-state index contributed by atoms with van der Waals surface area (Å²) < 4.78 is 0. The summed E-state index contributed by atoms with van der Waals surface area (Å²) in [6.07, 6.45) is 6.41. The minimum absolute atomic E-state index is 0.180. The van der Waals surface area contributed by atoms with Crippen LogP contribution in [0, 0.1) is 0 Å². The molecule has 4 rings (SSSR count). The Morgan fingerprint density at radius 3 is 2.13 bits per heavy atom. The van der Waals surface area contributed by atoms with E-state index in [9.17, 15) is 0 Å². The van der Waals surface area contributed by atoms with E-state index in [4.69, 9.17) is 23.2 Å². The van der Waals surface area contributed by atoms with Gasteiger partial charge in [-0.15, -0.1) is 0 Å². The quantitative estimate of drug-likeness (QED) is 0.817. The van der Waals surface area contributed by atoms with Crippen LogP contribution in [0.15, 0.2) is 72.6 Å². The van der Waals surface area contributed by atoms with Crippen LogP contribution < -0.4 is 5.32 Å². The predicted octanol–water partition coefficient (Wildman–Crippen LogP) is 5.09. The fraction of sp³-hybridized carbons (Fsp3) is 0.158. The first kappa shape index (κ1) is 14.7. The molecule has 0 amide bonds. The van der Waals surface area contributed by atoms with E-state index in [-0.39, 0.29) is 12.1 Å². The maximum atomic E-state index is 6.06. The number of allylic oxidation sites excluding steroid dienone is 2. The first-order chi connectivity index (χ1) is 11.2. The summed E-state index contributed by atoms with van der Waals surface area (Å²) in [5, 5.41) is 5.17. The molecular formula is C19H16Cl2N2. The molecular weight excluding hydrogens is 327 g/mol. The number of fused-ring (bicyclic) bond motifs is 1. The van der Waals surface area contributed by atoms with Gasteiger partial charge in [0.15, 0.2) is 0 Å². The van der Waals surface area contributed by atoms with Gasteiger partial charge < -0.3 is 10.2 Å². The molecule has 0 aromatic heterocycles. The first-order valence-electron chi connectivity index (χ1n) is 7.63. The molecule has 0 radical (unpaired) electrons. The lowest BCUT2D eigenvalue weighted by Gasteiger charge is -2.29. The zero-order valence-corrected chi connectivity index (χ0v) is 13.9. The molecule has 1 fully saturated rings. The Labute approximate surface area is 146 Å². The Bertz CT molecular complexity index is 763. The second-order valence-electron chi connectivity index (χ2n) is 5.80. The lowest BCUT2D eigenvalue weighted by molar-refractivity contribution is 0.308. The Balaban J connectivity index is 1.76. The zero-order chi connectivity index (χ0) is 15.8. The molecule has 0 saturated carbocycles. The molecule has 4 heteroatoms. The van der Waals surface area contributed by atoms with Crippen molar-refractivity contribution in [2.45, 2.75) is 12.1 Å². The predicted molar refractivity (Wildman–Crippen MR) is 95.5 cm³/mol. The summed E-state index contributed by atoms with van der Waals surface area (Å²) in [6.45, 7) is 0.899. The van der Waals surface area contributed by atoms with Gasteiger partial charge in [-0.05, 0) is 41.5 Å². The largest absolute Gasteiger partial charge is 0.362 e. The van der Waals surface area contributed by atoms with E-state index in [1.807, 2.05) is 24.3 Å². The van der Waals surface area contributed by atoms with E-state index < -0.39 is 0 Å². The van der Waals surface area contributed by atoms with Gasteiger partial charge in [-0.3, -0.25) is 0 Å². The zero-order valence-electron chi connectivity index (χ0n) is 12.4. The molecule has 0 spiro atoms. The van der Waals surface area contributed by atoms with Crippen molar-refractivity contribution in [2.24, 2.45) is 0 Å². The molecule has 1 saturated heterocycles. The average molecular weight is 343 g/mol. The molecule has 1 N–H and O–H groups in total. The molecule has 23 heavy (non-hydrogen) atoms. The smallest absolute Gasteiger partial charge is 0.103 e. The number of rotatable bonds is 2. The number of nitrogens with one attached hydrogen (secondary N) is 1. The Kier molecular flexibility index (Phi) is 3.80. The van der Waals surface area contributed by atoms with Crippen molar-refractivity contribution in [1.29, 1.82) is 0 Å². The van der Waals surface area contributed by atoms with Crippen molar-refractivity contribution in [1.82, 2.24) is 10.2 Å². The van der Waals surface area contributed by atoms with Crippen LogP contribution in [0.4, 0.5) is 0 Å². The minimum atomic E-state index is 0.180. The normalized spacial score (nSPS) is 22.5. The van der Waals surface area contributed by atoms with E-state index in [2.05, 4.69) is 52.7 Å². The van der Waals surface area contributed by atoms with Crippen LogP contribution in [0.3, 0.4) is 0 Å². The van der Waals surface area contributed by atoms with Crippen molar-refractivity contribution in [3.8, 4) is 0 Å². The summed E-state index contributed by atoms with van der Waals surface area (Å²) >= 11 is 12.1. The summed E-state index contributed by atoms with van der Waals surface area (Å²) in [5.74, 6) is 1.16.